The van der Waals surface area contributed by atoms with Gasteiger partial charge in [-0.1, -0.05) is 56.3 Å². The van der Waals surface area contributed by atoms with E-state index < -0.39 is 6.04 Å². The van der Waals surface area contributed by atoms with Crippen molar-refractivity contribution in [2.24, 2.45) is 5.92 Å². The van der Waals surface area contributed by atoms with Gasteiger partial charge < -0.3 is 10.2 Å². The van der Waals surface area contributed by atoms with E-state index in [-0.39, 0.29) is 17.5 Å². The lowest BCUT2D eigenvalue weighted by atomic mass is 10.1. The number of aromatic nitrogens is 2. The average molecular weight is 537 g/mol. The van der Waals surface area contributed by atoms with E-state index in [9.17, 15) is 9.59 Å². The highest BCUT2D eigenvalue weighted by molar-refractivity contribution is 7.98. The van der Waals surface area contributed by atoms with Gasteiger partial charge >= 0.3 is 6.03 Å². The molecule has 1 aromatic heterocycles. The fraction of sp³-hybridized carbons (Fsp3) is 0.219. The van der Waals surface area contributed by atoms with E-state index in [1.165, 1.54) is 0 Å². The van der Waals surface area contributed by atoms with Gasteiger partial charge in [0.05, 0.1) is 22.6 Å². The van der Waals surface area contributed by atoms with E-state index in [1.54, 1.807) is 27.3 Å². The van der Waals surface area contributed by atoms with Gasteiger partial charge in [0.15, 0.2) is 0 Å². The Morgan fingerprint density at radius 1 is 0.923 bits per heavy atom. The highest BCUT2D eigenvalue weighted by Gasteiger charge is 2.28. The summed E-state index contributed by atoms with van der Waals surface area (Å²) in [7, 11) is 0. The van der Waals surface area contributed by atoms with Crippen LogP contribution in [0.15, 0.2) is 101 Å². The molecule has 0 spiro atoms. The Kier molecular flexibility index (Phi) is 7.70. The van der Waals surface area contributed by atoms with Crippen molar-refractivity contribution in [1.82, 2.24) is 14.5 Å². The van der Waals surface area contributed by atoms with Crippen molar-refractivity contribution in [3.8, 4) is 5.69 Å². The fourth-order valence-corrected chi connectivity index (χ4v) is 5.22. The van der Waals surface area contributed by atoms with Gasteiger partial charge in [-0.25, -0.2) is 9.78 Å². The Morgan fingerprint density at radius 2 is 1.62 bits per heavy atom. The van der Waals surface area contributed by atoms with Gasteiger partial charge in [0.2, 0.25) is 0 Å². The van der Waals surface area contributed by atoms with Crippen molar-refractivity contribution in [2.75, 3.05) is 18.1 Å². The van der Waals surface area contributed by atoms with Gasteiger partial charge in [-0.2, -0.15) is 0 Å². The number of urea groups is 1. The van der Waals surface area contributed by atoms with Gasteiger partial charge in [-0.3, -0.25) is 9.36 Å². The zero-order valence-electron chi connectivity index (χ0n) is 22.6. The molecule has 7 heteroatoms. The standard InChI is InChI=1S/C32H32N4O2S/c1-21(2)20-35(32(38)33-25-14-17-27(39-4)18-15-25)22(3)30-34-29-12-8-7-11-28(29)31(37)36(30)26-16-13-23-9-5-6-10-24(23)19-26/h5-19,21-22H,20H2,1-4H3,(H,33,38). The smallest absolute Gasteiger partial charge is 0.314 e. The molecule has 0 saturated carbocycles. The van der Waals surface area contributed by atoms with Crippen LogP contribution < -0.4 is 10.9 Å². The van der Waals surface area contributed by atoms with Gasteiger partial charge in [0.25, 0.3) is 5.56 Å². The van der Waals surface area contributed by atoms with Crippen LogP contribution in [0.25, 0.3) is 27.4 Å². The molecule has 5 rings (SSSR count). The summed E-state index contributed by atoms with van der Waals surface area (Å²) in [5, 5.41) is 5.70. The Hall–Kier alpha value is -4.10. The van der Waals surface area contributed by atoms with Crippen LogP contribution in [0, 0.1) is 5.92 Å². The van der Waals surface area contributed by atoms with Crippen LogP contribution in [0.1, 0.15) is 32.6 Å². The lowest BCUT2D eigenvalue weighted by molar-refractivity contribution is 0.179. The van der Waals surface area contributed by atoms with Crippen molar-refractivity contribution >= 4 is 45.2 Å². The van der Waals surface area contributed by atoms with Crippen LogP contribution in [-0.2, 0) is 0 Å². The van der Waals surface area contributed by atoms with Crippen LogP contribution >= 0.6 is 11.8 Å². The molecular weight excluding hydrogens is 504 g/mol. The first-order valence-corrected chi connectivity index (χ1v) is 14.3. The van der Waals surface area contributed by atoms with Crippen molar-refractivity contribution < 1.29 is 4.79 Å². The number of hydrogen-bond donors (Lipinski definition) is 1. The summed E-state index contributed by atoms with van der Waals surface area (Å²) in [6.07, 6.45) is 2.02. The van der Waals surface area contributed by atoms with E-state index in [4.69, 9.17) is 4.98 Å². The van der Waals surface area contributed by atoms with Crippen LogP contribution in [-0.4, -0.2) is 33.3 Å². The number of nitrogens with one attached hydrogen (secondary N) is 1. The predicted octanol–water partition coefficient (Wildman–Crippen LogP) is 7.51. The molecule has 39 heavy (non-hydrogen) atoms. The minimum absolute atomic E-state index is 0.157. The predicted molar refractivity (Wildman–Crippen MR) is 162 cm³/mol. The summed E-state index contributed by atoms with van der Waals surface area (Å²) >= 11 is 1.65. The summed E-state index contributed by atoms with van der Waals surface area (Å²) in [6, 6.07) is 28.4. The largest absolute Gasteiger partial charge is 0.322 e. The second-order valence-electron chi connectivity index (χ2n) is 10.0. The Balaban J connectivity index is 1.62. The molecule has 198 valence electrons. The second-order valence-corrected chi connectivity index (χ2v) is 10.9. The van der Waals surface area contributed by atoms with Crippen molar-refractivity contribution in [1.29, 1.82) is 0 Å². The Labute approximate surface area is 232 Å². The first-order chi connectivity index (χ1) is 18.9. The number of hydrogen-bond acceptors (Lipinski definition) is 4. The molecule has 1 atom stereocenters. The van der Waals surface area contributed by atoms with E-state index in [2.05, 4.69) is 19.2 Å². The number of amides is 2. The minimum atomic E-state index is -0.485. The maximum atomic E-state index is 14.0. The summed E-state index contributed by atoms with van der Waals surface area (Å²) in [5.74, 6) is 0.723. The molecule has 0 fully saturated rings. The van der Waals surface area contributed by atoms with Gasteiger partial charge in [0.1, 0.15) is 5.82 Å². The Morgan fingerprint density at radius 3 is 2.33 bits per heavy atom. The molecule has 0 aliphatic rings. The molecule has 1 unspecified atom stereocenters. The first-order valence-electron chi connectivity index (χ1n) is 13.1. The number of benzene rings is 4. The van der Waals surface area contributed by atoms with Crippen molar-refractivity contribution in [2.45, 2.75) is 31.7 Å². The number of carbonyl (C=O) groups excluding carboxylic acids is 1. The van der Waals surface area contributed by atoms with E-state index in [1.807, 2.05) is 98.1 Å². The lowest BCUT2D eigenvalue weighted by Crippen LogP contribution is -2.41. The fourth-order valence-electron chi connectivity index (χ4n) is 4.81. The lowest BCUT2D eigenvalue weighted by Gasteiger charge is -2.32. The molecule has 4 aromatic carbocycles. The quantitative estimate of drug-likeness (QED) is 0.219. The summed E-state index contributed by atoms with van der Waals surface area (Å²) in [4.78, 5) is 35.5. The topological polar surface area (TPSA) is 67.2 Å². The number of anilines is 1. The highest BCUT2D eigenvalue weighted by atomic mass is 32.2. The molecular formula is C32H32N4O2S. The monoisotopic (exact) mass is 536 g/mol. The van der Waals surface area contributed by atoms with Crippen molar-refractivity contribution in [3.63, 3.8) is 0 Å². The molecule has 5 aromatic rings. The third-order valence-corrected chi connectivity index (χ3v) is 7.54. The molecule has 0 radical (unpaired) electrons. The maximum absolute atomic E-state index is 14.0. The maximum Gasteiger partial charge on any atom is 0.322 e. The Bertz CT molecular complexity index is 1700. The van der Waals surface area contributed by atoms with Gasteiger partial charge in [0, 0.05) is 17.1 Å². The number of para-hydroxylation sites is 1. The summed E-state index contributed by atoms with van der Waals surface area (Å²) in [6.45, 7) is 6.58. The number of nitrogens with zero attached hydrogens (tertiary/aromatic N) is 3. The number of rotatable bonds is 7. The average Bonchev–Trinajstić information content (AvgIpc) is 2.95. The highest BCUT2D eigenvalue weighted by Crippen LogP contribution is 2.27. The zero-order chi connectivity index (χ0) is 27.5. The third kappa shape index (κ3) is 5.54. The SMILES string of the molecule is CSc1ccc(NC(=O)N(CC(C)C)C(C)c2nc3ccccc3c(=O)n2-c2ccc3ccccc3c2)cc1. The van der Waals surface area contributed by atoms with Crippen LogP contribution in [0.3, 0.4) is 0 Å². The molecule has 0 bridgehead atoms. The summed E-state index contributed by atoms with van der Waals surface area (Å²) in [5.41, 5.74) is 1.89. The molecule has 0 aliphatic heterocycles. The third-order valence-electron chi connectivity index (χ3n) is 6.80. The molecule has 2 amide bonds. The van der Waals surface area contributed by atoms with Crippen LogP contribution in [0.4, 0.5) is 10.5 Å². The molecule has 6 nitrogen and oxygen atoms in total. The normalized spacial score (nSPS) is 12.1. The van der Waals surface area contributed by atoms with E-state index in [0.29, 0.717) is 23.3 Å². The van der Waals surface area contributed by atoms with E-state index in [0.717, 1.165) is 27.0 Å². The summed E-state index contributed by atoms with van der Waals surface area (Å²) < 4.78 is 1.66. The second kappa shape index (κ2) is 11.3. The molecule has 0 aliphatic carbocycles. The molecule has 1 N–H and O–H groups in total. The van der Waals surface area contributed by atoms with E-state index >= 15 is 0 Å². The minimum Gasteiger partial charge on any atom is -0.314 e. The van der Waals surface area contributed by atoms with Gasteiger partial charge in [-0.05, 0) is 78.4 Å². The van der Waals surface area contributed by atoms with Crippen LogP contribution in [0.5, 0.6) is 0 Å². The first kappa shape index (κ1) is 26.5. The zero-order valence-corrected chi connectivity index (χ0v) is 23.4. The van der Waals surface area contributed by atoms with Crippen molar-refractivity contribution in [3.05, 3.63) is 107 Å². The van der Waals surface area contributed by atoms with Gasteiger partial charge in [-0.15, -0.1) is 11.8 Å². The molecule has 1 heterocycles. The number of carbonyl (C=O) groups is 1. The molecule has 0 saturated heterocycles. The van der Waals surface area contributed by atoms with Crippen LogP contribution in [0.2, 0.25) is 0 Å². The number of thioether (sulfide) groups is 1. The number of fused-ring (bicyclic) bond motifs is 2.